The summed E-state index contributed by atoms with van der Waals surface area (Å²) in [5.74, 6) is 0. The number of aliphatic imine (C=N–C) groups is 3. The Bertz CT molecular complexity index is 2980. The van der Waals surface area contributed by atoms with Crippen molar-refractivity contribution in [2.75, 3.05) is 0 Å². The number of benzene rings is 6. The van der Waals surface area contributed by atoms with Crippen LogP contribution in [-0.2, 0) is 0 Å². The van der Waals surface area contributed by atoms with Gasteiger partial charge in [0.15, 0.2) is 0 Å². The van der Waals surface area contributed by atoms with Gasteiger partial charge in [-0.15, -0.1) is 0 Å². The zero-order chi connectivity index (χ0) is 45.5. The Hall–Kier alpha value is -7.44. The number of pyridine rings is 3. The molecule has 0 aliphatic heterocycles. The summed E-state index contributed by atoms with van der Waals surface area (Å²) in [5.41, 5.74) is 14.0. The van der Waals surface area contributed by atoms with Crippen molar-refractivity contribution in [3.63, 3.8) is 0 Å². The molecular weight excluding hydrogens is 805 g/mol. The molecule has 0 spiro atoms. The van der Waals surface area contributed by atoms with E-state index in [1.165, 1.54) is 0 Å². The highest BCUT2D eigenvalue weighted by molar-refractivity contribution is 6.01. The van der Waals surface area contributed by atoms with Crippen molar-refractivity contribution in [2.45, 2.75) is 77.4 Å². The molecule has 0 atom stereocenters. The van der Waals surface area contributed by atoms with E-state index in [2.05, 4.69) is 187 Å². The van der Waals surface area contributed by atoms with Crippen LogP contribution in [0.4, 0.5) is 0 Å². The van der Waals surface area contributed by atoms with Crippen LogP contribution in [0.25, 0.3) is 66.5 Å². The van der Waals surface area contributed by atoms with Crippen LogP contribution < -0.4 is 0 Å². The zero-order valence-electron chi connectivity index (χ0n) is 38.6. The summed E-state index contributed by atoms with van der Waals surface area (Å²) >= 11 is 0. The van der Waals surface area contributed by atoms with E-state index < -0.39 is 16.6 Å². The van der Waals surface area contributed by atoms with Crippen LogP contribution in [0.5, 0.6) is 0 Å². The summed E-state index contributed by atoms with van der Waals surface area (Å²) in [7, 11) is 0. The van der Waals surface area contributed by atoms with Crippen LogP contribution in [0.3, 0.4) is 0 Å². The Kier molecular flexibility index (Phi) is 11.1. The second-order valence-electron chi connectivity index (χ2n) is 19.0. The lowest BCUT2D eigenvalue weighted by molar-refractivity contribution is 0.148. The van der Waals surface area contributed by atoms with E-state index in [1.807, 2.05) is 36.4 Å². The maximum absolute atomic E-state index is 5.61. The topological polar surface area (TPSA) is 75.8 Å². The second kappa shape index (κ2) is 17.2. The predicted octanol–water partition coefficient (Wildman–Crippen LogP) is 14.6. The minimum absolute atomic E-state index is 0.449. The molecule has 10 rings (SSSR count). The van der Waals surface area contributed by atoms with Gasteiger partial charge in [-0.3, -0.25) is 15.0 Å². The molecule has 0 N–H and O–H groups in total. The lowest BCUT2D eigenvalue weighted by Crippen LogP contribution is -2.51. The molecule has 0 unspecified atom stereocenters. The molecule has 9 aromatic rings. The molecule has 6 nitrogen and oxygen atoms in total. The normalized spacial score (nSPS) is 20.5. The van der Waals surface area contributed by atoms with Crippen LogP contribution in [0.15, 0.2) is 197 Å². The van der Waals surface area contributed by atoms with Crippen molar-refractivity contribution >= 4 is 49.8 Å². The molecule has 6 aromatic carbocycles. The van der Waals surface area contributed by atoms with Gasteiger partial charge in [0.05, 0.1) is 50.2 Å². The third kappa shape index (κ3) is 8.96. The molecule has 3 heterocycles. The first-order valence-corrected chi connectivity index (χ1v) is 23.0. The number of rotatable bonds is 9. The van der Waals surface area contributed by atoms with Crippen molar-refractivity contribution in [1.82, 2.24) is 15.0 Å². The van der Waals surface area contributed by atoms with E-state index in [-0.39, 0.29) is 0 Å². The number of hydrogen-bond acceptors (Lipinski definition) is 6. The van der Waals surface area contributed by atoms with Crippen molar-refractivity contribution < 1.29 is 0 Å². The van der Waals surface area contributed by atoms with Crippen LogP contribution in [0, 0.1) is 0 Å². The molecular formula is C60H54N6. The smallest absolute Gasteiger partial charge is 0.0709 e. The summed E-state index contributed by atoms with van der Waals surface area (Å²) in [6.45, 7) is 13.3. The molecule has 0 amide bonds. The van der Waals surface area contributed by atoms with Gasteiger partial charge in [0.25, 0.3) is 0 Å². The van der Waals surface area contributed by atoms with Gasteiger partial charge in [0.1, 0.15) is 0 Å². The second-order valence-corrected chi connectivity index (χ2v) is 19.0. The summed E-state index contributed by atoms with van der Waals surface area (Å²) < 4.78 is 0. The molecule has 0 saturated heterocycles. The van der Waals surface area contributed by atoms with Gasteiger partial charge in [-0.25, -0.2) is 15.0 Å². The maximum atomic E-state index is 5.61. The molecule has 0 radical (unpaired) electrons. The van der Waals surface area contributed by atoms with E-state index in [1.54, 1.807) is 0 Å². The molecule has 1 saturated carbocycles. The standard InChI is InChI=1S/C60H54N6/c1-40(43-19-25-49(26-20-43)55-34-31-46-13-7-10-16-52(46)61-55)64-58(4)37-59(5,65-41(2)44-21-27-50(28-22-44)56-35-32-47-14-8-11-17-53(47)62-56)39-60(6,38-58)66-42(3)45-23-29-51(30-24-45)57-36-33-48-15-9-12-18-54(48)63-57/h7-36H,37-39H2,1-6H3. The lowest BCUT2D eigenvalue weighted by Gasteiger charge is -2.48. The molecule has 1 fully saturated rings. The van der Waals surface area contributed by atoms with Gasteiger partial charge in [-0.05, 0) is 114 Å². The molecule has 1 aliphatic rings. The zero-order valence-corrected chi connectivity index (χ0v) is 38.6. The Morgan fingerprint density at radius 2 is 0.591 bits per heavy atom. The van der Waals surface area contributed by atoms with Gasteiger partial charge in [0, 0.05) is 50.0 Å². The Labute approximate surface area is 388 Å². The highest BCUT2D eigenvalue weighted by Crippen LogP contribution is 2.48. The fraction of sp³-hybridized carbons (Fsp3) is 0.200. The highest BCUT2D eigenvalue weighted by Gasteiger charge is 2.49. The van der Waals surface area contributed by atoms with Crippen LogP contribution in [0.2, 0.25) is 0 Å². The first-order chi connectivity index (χ1) is 31.9. The van der Waals surface area contributed by atoms with E-state index in [9.17, 15) is 0 Å². The van der Waals surface area contributed by atoms with E-state index in [4.69, 9.17) is 29.9 Å². The van der Waals surface area contributed by atoms with Gasteiger partial charge < -0.3 is 0 Å². The number of aromatic nitrogens is 3. The van der Waals surface area contributed by atoms with Gasteiger partial charge in [-0.1, -0.05) is 146 Å². The van der Waals surface area contributed by atoms with Crippen LogP contribution >= 0.6 is 0 Å². The van der Waals surface area contributed by atoms with E-state index >= 15 is 0 Å². The monoisotopic (exact) mass is 858 g/mol. The molecule has 66 heavy (non-hydrogen) atoms. The van der Waals surface area contributed by atoms with Crippen LogP contribution in [0.1, 0.15) is 77.5 Å². The van der Waals surface area contributed by atoms with E-state index in [0.717, 1.165) is 120 Å². The average molecular weight is 859 g/mol. The summed E-state index contributed by atoms with van der Waals surface area (Å²) in [5, 5.41) is 3.42. The third-order valence-corrected chi connectivity index (χ3v) is 13.2. The fourth-order valence-corrected chi connectivity index (χ4v) is 10.6. The minimum Gasteiger partial charge on any atom is -0.283 e. The number of nitrogens with zero attached hydrogens (tertiary/aromatic N) is 6. The summed E-state index contributed by atoms with van der Waals surface area (Å²) in [6.07, 6.45) is 2.35. The maximum Gasteiger partial charge on any atom is 0.0709 e. The molecule has 324 valence electrons. The first-order valence-electron chi connectivity index (χ1n) is 23.0. The summed E-state index contributed by atoms with van der Waals surface area (Å²) in [6, 6.07) is 63.5. The predicted molar refractivity (Wildman–Crippen MR) is 277 cm³/mol. The SMILES string of the molecule is CC(=NC1(C)CC(C)(N=C(C)c2ccc(-c3ccc4ccccc4n3)cc2)CC(C)(N=C(C)c2ccc(-c3ccc4ccccc4n3)cc2)C1)c1ccc(-c2ccc3ccccc3n2)cc1. The average Bonchev–Trinajstić information content (AvgIpc) is 3.32. The fourth-order valence-electron chi connectivity index (χ4n) is 10.6. The number of para-hydroxylation sites is 3. The highest BCUT2D eigenvalue weighted by atomic mass is 15.0. The van der Waals surface area contributed by atoms with Crippen molar-refractivity contribution in [3.05, 3.63) is 199 Å². The molecule has 3 aromatic heterocycles. The van der Waals surface area contributed by atoms with E-state index in [0.29, 0.717) is 0 Å². The van der Waals surface area contributed by atoms with Crippen molar-refractivity contribution in [2.24, 2.45) is 15.0 Å². The molecule has 1 aliphatic carbocycles. The van der Waals surface area contributed by atoms with Gasteiger partial charge >= 0.3 is 0 Å². The Balaban J connectivity index is 0.958. The third-order valence-electron chi connectivity index (χ3n) is 13.2. The molecule has 6 heteroatoms. The largest absolute Gasteiger partial charge is 0.283 e. The lowest BCUT2D eigenvalue weighted by atomic mass is 9.65. The Morgan fingerprint density at radius 3 is 0.864 bits per heavy atom. The summed E-state index contributed by atoms with van der Waals surface area (Å²) in [4.78, 5) is 31.7. The minimum atomic E-state index is -0.449. The Morgan fingerprint density at radius 1 is 0.333 bits per heavy atom. The van der Waals surface area contributed by atoms with Gasteiger partial charge in [-0.2, -0.15) is 0 Å². The van der Waals surface area contributed by atoms with Crippen molar-refractivity contribution in [1.29, 1.82) is 0 Å². The molecule has 0 bridgehead atoms. The number of hydrogen-bond donors (Lipinski definition) is 0. The van der Waals surface area contributed by atoms with Crippen molar-refractivity contribution in [3.8, 4) is 33.8 Å². The quantitative estimate of drug-likeness (QED) is 0.136. The van der Waals surface area contributed by atoms with Gasteiger partial charge in [0.2, 0.25) is 0 Å². The first kappa shape index (κ1) is 42.5. The number of fused-ring (bicyclic) bond motifs is 3. The van der Waals surface area contributed by atoms with Crippen LogP contribution in [-0.4, -0.2) is 48.7 Å².